The molecule has 4 nitrogen and oxygen atoms in total. The van der Waals surface area contributed by atoms with E-state index >= 15 is 0 Å². The molecule has 2 unspecified atom stereocenters. The van der Waals surface area contributed by atoms with Crippen LogP contribution in [0, 0.1) is 17.6 Å². The van der Waals surface area contributed by atoms with Crippen molar-refractivity contribution in [3.63, 3.8) is 0 Å². The fraction of sp³-hybridized carbons (Fsp3) is 0.231. The van der Waals surface area contributed by atoms with Crippen molar-refractivity contribution in [1.29, 1.82) is 0 Å². The largest absolute Gasteiger partial charge is 0.458 e. The van der Waals surface area contributed by atoms with Gasteiger partial charge in [-0.15, -0.1) is 0 Å². The standard InChI is InChI=1S/C26H25F2NO3/c1-17(2)24(32-26(31)20-10-14-22(28)15-11-20)23(18-6-4-3-5-7-18)16-29-25(30)19-8-12-21(27)13-9-19/h3-15,17,23-24H,16H2,1-2H3,(H,29,30). The average Bonchev–Trinajstić information content (AvgIpc) is 2.79. The van der Waals surface area contributed by atoms with Crippen LogP contribution >= 0.6 is 0 Å². The maximum absolute atomic E-state index is 13.2. The van der Waals surface area contributed by atoms with Crippen molar-refractivity contribution in [2.75, 3.05) is 6.54 Å². The number of esters is 1. The lowest BCUT2D eigenvalue weighted by atomic mass is 9.86. The van der Waals surface area contributed by atoms with Crippen molar-refractivity contribution < 1.29 is 23.1 Å². The van der Waals surface area contributed by atoms with Crippen molar-refractivity contribution in [3.05, 3.63) is 107 Å². The highest BCUT2D eigenvalue weighted by atomic mass is 19.1. The lowest BCUT2D eigenvalue weighted by Gasteiger charge is -2.30. The molecule has 3 rings (SSSR count). The summed E-state index contributed by atoms with van der Waals surface area (Å²) in [6.07, 6.45) is -0.552. The first-order chi connectivity index (χ1) is 15.3. The monoisotopic (exact) mass is 437 g/mol. The molecular weight excluding hydrogens is 412 g/mol. The van der Waals surface area contributed by atoms with E-state index in [2.05, 4.69) is 5.32 Å². The van der Waals surface area contributed by atoms with Gasteiger partial charge in [-0.25, -0.2) is 13.6 Å². The first kappa shape index (κ1) is 23.1. The summed E-state index contributed by atoms with van der Waals surface area (Å²) >= 11 is 0. The highest BCUT2D eigenvalue weighted by Crippen LogP contribution is 2.28. The van der Waals surface area contributed by atoms with Gasteiger partial charge in [0.25, 0.3) is 5.91 Å². The minimum atomic E-state index is -0.561. The number of ether oxygens (including phenoxy) is 1. The zero-order valence-corrected chi connectivity index (χ0v) is 17.9. The summed E-state index contributed by atoms with van der Waals surface area (Å²) in [6, 6.07) is 19.9. The fourth-order valence-corrected chi connectivity index (χ4v) is 3.49. The van der Waals surface area contributed by atoms with Crippen LogP contribution in [0.4, 0.5) is 8.78 Å². The van der Waals surface area contributed by atoms with Crippen molar-refractivity contribution >= 4 is 11.9 Å². The molecular formula is C26H25F2NO3. The first-order valence-corrected chi connectivity index (χ1v) is 10.4. The van der Waals surface area contributed by atoms with Crippen molar-refractivity contribution in [2.24, 2.45) is 5.92 Å². The number of halogens is 2. The predicted octanol–water partition coefficient (Wildman–Crippen LogP) is 5.36. The average molecular weight is 437 g/mol. The van der Waals surface area contributed by atoms with E-state index in [4.69, 9.17) is 4.74 Å². The summed E-state index contributed by atoms with van der Waals surface area (Å²) in [4.78, 5) is 25.3. The summed E-state index contributed by atoms with van der Waals surface area (Å²) in [5.74, 6) is -2.16. The zero-order valence-electron chi connectivity index (χ0n) is 17.9. The van der Waals surface area contributed by atoms with Crippen LogP contribution in [0.5, 0.6) is 0 Å². The normalized spacial score (nSPS) is 12.8. The molecule has 0 aromatic heterocycles. The Hall–Kier alpha value is -3.54. The minimum Gasteiger partial charge on any atom is -0.458 e. The molecule has 0 aliphatic carbocycles. The second kappa shape index (κ2) is 10.7. The van der Waals surface area contributed by atoms with Crippen molar-refractivity contribution in [1.82, 2.24) is 5.32 Å². The summed E-state index contributed by atoms with van der Waals surface area (Å²) in [7, 11) is 0. The van der Waals surface area contributed by atoms with Gasteiger partial charge in [0.2, 0.25) is 0 Å². The highest BCUT2D eigenvalue weighted by Gasteiger charge is 2.30. The Morgan fingerprint density at radius 2 is 1.34 bits per heavy atom. The van der Waals surface area contributed by atoms with Crippen molar-refractivity contribution in [3.8, 4) is 0 Å². The van der Waals surface area contributed by atoms with E-state index in [1.165, 1.54) is 48.5 Å². The molecule has 0 bridgehead atoms. The Balaban J connectivity index is 1.81. The van der Waals surface area contributed by atoms with Gasteiger partial charge >= 0.3 is 5.97 Å². The van der Waals surface area contributed by atoms with Gasteiger partial charge in [-0.2, -0.15) is 0 Å². The Morgan fingerprint density at radius 1 is 0.812 bits per heavy atom. The molecule has 1 N–H and O–H groups in total. The molecule has 1 amide bonds. The van der Waals surface area contributed by atoms with Gasteiger partial charge in [0.15, 0.2) is 0 Å². The Morgan fingerprint density at radius 3 is 1.88 bits per heavy atom. The number of carbonyl (C=O) groups is 2. The number of rotatable bonds is 8. The van der Waals surface area contributed by atoms with Gasteiger partial charge in [0.1, 0.15) is 17.7 Å². The Bertz CT molecular complexity index is 1030. The number of hydrogen-bond donors (Lipinski definition) is 1. The zero-order chi connectivity index (χ0) is 23.1. The van der Waals surface area contributed by atoms with Crippen LogP contribution < -0.4 is 5.32 Å². The van der Waals surface area contributed by atoms with Gasteiger partial charge in [0.05, 0.1) is 5.56 Å². The first-order valence-electron chi connectivity index (χ1n) is 10.4. The molecule has 0 aliphatic rings. The molecule has 0 spiro atoms. The second-order valence-electron chi connectivity index (χ2n) is 7.85. The lowest BCUT2D eigenvalue weighted by molar-refractivity contribution is 0.00953. The van der Waals surface area contributed by atoms with Gasteiger partial charge in [0, 0.05) is 18.0 Å². The van der Waals surface area contributed by atoms with Gasteiger partial charge < -0.3 is 10.1 Å². The van der Waals surface area contributed by atoms with Crippen LogP contribution in [0.1, 0.15) is 46.0 Å². The van der Waals surface area contributed by atoms with Gasteiger partial charge in [-0.05, 0) is 60.0 Å². The molecule has 32 heavy (non-hydrogen) atoms. The van der Waals surface area contributed by atoms with Crippen molar-refractivity contribution in [2.45, 2.75) is 25.9 Å². The number of benzene rings is 3. The van der Waals surface area contributed by atoms with Crippen LogP contribution in [0.2, 0.25) is 0 Å². The molecule has 3 aromatic rings. The van der Waals surface area contributed by atoms with Crippen LogP contribution in [-0.4, -0.2) is 24.5 Å². The Labute approximate surface area is 186 Å². The molecule has 2 atom stereocenters. The summed E-state index contributed by atoms with van der Waals surface area (Å²) in [6.45, 7) is 4.07. The van der Waals surface area contributed by atoms with Crippen LogP contribution in [0.3, 0.4) is 0 Å². The van der Waals surface area contributed by atoms with E-state index in [1.807, 2.05) is 44.2 Å². The Kier molecular flexibility index (Phi) is 7.71. The van der Waals surface area contributed by atoms with E-state index in [9.17, 15) is 18.4 Å². The fourth-order valence-electron chi connectivity index (χ4n) is 3.49. The summed E-state index contributed by atoms with van der Waals surface area (Å²) in [5.41, 5.74) is 1.49. The van der Waals surface area contributed by atoms with Crippen LogP contribution in [0.15, 0.2) is 78.9 Å². The van der Waals surface area contributed by atoms with E-state index in [0.29, 0.717) is 5.56 Å². The third-order valence-corrected chi connectivity index (χ3v) is 5.19. The SMILES string of the molecule is CC(C)C(OC(=O)c1ccc(F)cc1)C(CNC(=O)c1ccc(F)cc1)c1ccccc1. The van der Waals surface area contributed by atoms with E-state index in [-0.39, 0.29) is 29.9 Å². The third kappa shape index (κ3) is 6.00. The molecule has 166 valence electrons. The number of hydrogen-bond acceptors (Lipinski definition) is 3. The molecule has 6 heteroatoms. The molecule has 0 heterocycles. The van der Waals surface area contributed by atoms with E-state index < -0.39 is 23.7 Å². The van der Waals surface area contributed by atoms with Gasteiger partial charge in [-0.1, -0.05) is 44.2 Å². The van der Waals surface area contributed by atoms with Gasteiger partial charge in [-0.3, -0.25) is 4.79 Å². The smallest absolute Gasteiger partial charge is 0.338 e. The lowest BCUT2D eigenvalue weighted by Crippen LogP contribution is -2.38. The van der Waals surface area contributed by atoms with Crippen LogP contribution in [-0.2, 0) is 4.74 Å². The topological polar surface area (TPSA) is 55.4 Å². The second-order valence-corrected chi connectivity index (χ2v) is 7.85. The quantitative estimate of drug-likeness (QED) is 0.483. The highest BCUT2D eigenvalue weighted by molar-refractivity contribution is 5.94. The number of nitrogens with one attached hydrogen (secondary N) is 1. The molecule has 0 saturated carbocycles. The van der Waals surface area contributed by atoms with Crippen LogP contribution in [0.25, 0.3) is 0 Å². The minimum absolute atomic E-state index is 0.0627. The van der Waals surface area contributed by atoms with E-state index in [1.54, 1.807) is 0 Å². The maximum atomic E-state index is 13.2. The molecule has 0 saturated heterocycles. The summed E-state index contributed by atoms with van der Waals surface area (Å²) < 4.78 is 32.2. The number of carbonyl (C=O) groups excluding carboxylic acids is 2. The molecule has 0 aliphatic heterocycles. The predicted molar refractivity (Wildman–Crippen MR) is 118 cm³/mol. The van der Waals surface area contributed by atoms with E-state index in [0.717, 1.165) is 5.56 Å². The maximum Gasteiger partial charge on any atom is 0.338 e. The number of amides is 1. The third-order valence-electron chi connectivity index (χ3n) is 5.19. The summed E-state index contributed by atoms with van der Waals surface area (Å²) in [5, 5.41) is 2.87. The molecule has 3 aromatic carbocycles. The molecule has 0 radical (unpaired) electrons. The molecule has 0 fully saturated rings.